The fraction of sp³-hybridized carbons (Fsp3) is 0.750. The lowest BCUT2D eigenvalue weighted by molar-refractivity contribution is -0.227. The Hall–Kier alpha value is -0.150. The average Bonchev–Trinajstić information content (AvgIpc) is 2.00. The molecule has 0 aliphatic heterocycles. The van der Waals surface area contributed by atoms with Crippen molar-refractivity contribution in [2.75, 3.05) is 6.61 Å². The summed E-state index contributed by atoms with van der Waals surface area (Å²) in [6, 6.07) is 0. The Morgan fingerprint density at radius 2 is 2.23 bits per heavy atom. The minimum atomic E-state index is -4.10. The third kappa shape index (κ3) is 6.96. The van der Waals surface area contributed by atoms with Crippen LogP contribution in [0.4, 0.5) is 0 Å². The Bertz CT molecular complexity index is 202. The van der Waals surface area contributed by atoms with Gasteiger partial charge < -0.3 is 13.9 Å². The van der Waals surface area contributed by atoms with Crippen LogP contribution < -0.4 is 4.89 Å². The van der Waals surface area contributed by atoms with Gasteiger partial charge in [-0.3, -0.25) is 4.57 Å². The van der Waals surface area contributed by atoms with Crippen LogP contribution in [0.15, 0.2) is 12.2 Å². The smallest absolute Gasteiger partial charge is 0.268 e. The molecule has 4 nitrogen and oxygen atoms in total. The third-order valence-corrected chi connectivity index (χ3v) is 2.30. The molecule has 0 aliphatic carbocycles. The summed E-state index contributed by atoms with van der Waals surface area (Å²) in [5, 5.41) is 0. The topological polar surface area (TPSA) is 58.6 Å². The van der Waals surface area contributed by atoms with E-state index in [1.807, 2.05) is 6.92 Å². The average molecular weight is 207 g/mol. The van der Waals surface area contributed by atoms with Gasteiger partial charge >= 0.3 is 0 Å². The van der Waals surface area contributed by atoms with Crippen molar-refractivity contribution in [2.45, 2.75) is 33.3 Å². The molecule has 0 N–H and O–H groups in total. The summed E-state index contributed by atoms with van der Waals surface area (Å²) in [6.45, 7) is 5.43. The van der Waals surface area contributed by atoms with E-state index in [1.54, 1.807) is 26.0 Å². The van der Waals surface area contributed by atoms with Gasteiger partial charge in [0.1, 0.15) is 0 Å². The zero-order valence-corrected chi connectivity index (χ0v) is 9.12. The molecule has 0 bridgehead atoms. The lowest BCUT2D eigenvalue weighted by atomic mass is 10.4. The summed E-state index contributed by atoms with van der Waals surface area (Å²) in [5.74, 6) is 0. The summed E-state index contributed by atoms with van der Waals surface area (Å²) in [6.07, 6.45) is 3.54. The Labute approximate surface area is 79.2 Å². The molecule has 0 saturated heterocycles. The minimum absolute atomic E-state index is 0.170. The molecule has 0 aromatic heterocycles. The van der Waals surface area contributed by atoms with Crippen LogP contribution in [0.3, 0.4) is 0 Å². The summed E-state index contributed by atoms with van der Waals surface area (Å²) in [5.41, 5.74) is 0. The van der Waals surface area contributed by atoms with Crippen LogP contribution in [0.1, 0.15) is 27.2 Å². The highest BCUT2D eigenvalue weighted by Crippen LogP contribution is 2.39. The molecular weight excluding hydrogens is 191 g/mol. The molecule has 0 aromatic rings. The Morgan fingerprint density at radius 3 is 2.69 bits per heavy atom. The van der Waals surface area contributed by atoms with Crippen molar-refractivity contribution in [3.8, 4) is 0 Å². The Kier molecular flexibility index (Phi) is 6.25. The number of rotatable bonds is 6. The van der Waals surface area contributed by atoms with E-state index < -0.39 is 13.9 Å². The first-order chi connectivity index (χ1) is 6.02. The van der Waals surface area contributed by atoms with E-state index in [-0.39, 0.29) is 6.61 Å². The zero-order valence-electron chi connectivity index (χ0n) is 8.23. The van der Waals surface area contributed by atoms with E-state index in [2.05, 4.69) is 9.05 Å². The highest BCUT2D eigenvalue weighted by molar-refractivity contribution is 7.45. The maximum Gasteiger partial charge on any atom is 0.268 e. The second-order valence-electron chi connectivity index (χ2n) is 2.62. The van der Waals surface area contributed by atoms with E-state index in [4.69, 9.17) is 0 Å². The number of hydrogen-bond acceptors (Lipinski definition) is 4. The van der Waals surface area contributed by atoms with E-state index >= 15 is 0 Å². The molecule has 2 unspecified atom stereocenters. The SMILES string of the molecule is C/C=C/C(C)OP(=O)([O-])OCCC. The monoisotopic (exact) mass is 207 g/mol. The number of phosphoric acid groups is 1. The first kappa shape index (κ1) is 12.8. The molecule has 0 aliphatic rings. The van der Waals surface area contributed by atoms with Gasteiger partial charge in [-0.15, -0.1) is 0 Å². The summed E-state index contributed by atoms with van der Waals surface area (Å²) in [4.78, 5) is 11.0. The molecule has 5 heteroatoms. The molecule has 0 aromatic carbocycles. The molecule has 0 saturated carbocycles. The van der Waals surface area contributed by atoms with Crippen molar-refractivity contribution in [3.63, 3.8) is 0 Å². The van der Waals surface area contributed by atoms with E-state index in [9.17, 15) is 9.46 Å². The van der Waals surface area contributed by atoms with Crippen LogP contribution >= 0.6 is 7.82 Å². The van der Waals surface area contributed by atoms with Crippen LogP contribution in [0, 0.1) is 0 Å². The van der Waals surface area contributed by atoms with Gasteiger partial charge in [0.05, 0.1) is 12.7 Å². The van der Waals surface area contributed by atoms with E-state index in [0.717, 1.165) is 0 Å². The summed E-state index contributed by atoms with van der Waals surface area (Å²) in [7, 11) is -4.10. The fourth-order valence-electron chi connectivity index (χ4n) is 0.743. The Morgan fingerprint density at radius 1 is 1.62 bits per heavy atom. The second kappa shape index (κ2) is 6.33. The van der Waals surface area contributed by atoms with Crippen LogP contribution in [-0.2, 0) is 13.6 Å². The van der Waals surface area contributed by atoms with Gasteiger partial charge in [-0.2, -0.15) is 0 Å². The fourth-order valence-corrected chi connectivity index (χ4v) is 1.69. The normalized spacial score (nSPS) is 18.8. The van der Waals surface area contributed by atoms with E-state index in [0.29, 0.717) is 6.42 Å². The van der Waals surface area contributed by atoms with E-state index in [1.165, 1.54) is 0 Å². The Balaban J connectivity index is 3.93. The molecule has 0 fully saturated rings. The van der Waals surface area contributed by atoms with Gasteiger partial charge in [-0.25, -0.2) is 0 Å². The third-order valence-electron chi connectivity index (χ3n) is 1.21. The van der Waals surface area contributed by atoms with Crippen molar-refractivity contribution < 1.29 is 18.5 Å². The van der Waals surface area contributed by atoms with Crippen LogP contribution in [0.5, 0.6) is 0 Å². The highest BCUT2D eigenvalue weighted by atomic mass is 31.2. The van der Waals surface area contributed by atoms with Crippen molar-refractivity contribution in [1.29, 1.82) is 0 Å². The van der Waals surface area contributed by atoms with Crippen LogP contribution in [0.25, 0.3) is 0 Å². The molecule has 0 heterocycles. The molecular formula is C8H16O4P-. The number of allylic oxidation sites excluding steroid dienone is 1. The minimum Gasteiger partial charge on any atom is -0.756 e. The molecule has 78 valence electrons. The first-order valence-electron chi connectivity index (χ1n) is 4.28. The zero-order chi connectivity index (χ0) is 10.3. The first-order valence-corrected chi connectivity index (χ1v) is 5.74. The van der Waals surface area contributed by atoms with Crippen LogP contribution in [0.2, 0.25) is 0 Å². The summed E-state index contributed by atoms with van der Waals surface area (Å²) < 4.78 is 20.2. The predicted octanol–water partition coefficient (Wildman–Crippen LogP) is 1.86. The van der Waals surface area contributed by atoms with Crippen molar-refractivity contribution in [1.82, 2.24) is 0 Å². The van der Waals surface area contributed by atoms with Gasteiger partial charge in [0.25, 0.3) is 7.82 Å². The molecule has 0 amide bonds. The standard InChI is InChI=1S/C8H17O4P/c1-4-6-8(3)12-13(9,10)11-7-5-2/h4,6,8H,5,7H2,1-3H3,(H,9,10)/p-1/b6-4+. The van der Waals surface area contributed by atoms with Gasteiger partial charge in [-0.1, -0.05) is 19.1 Å². The quantitative estimate of drug-likeness (QED) is 0.492. The van der Waals surface area contributed by atoms with Gasteiger partial charge in [0.15, 0.2) is 0 Å². The number of phosphoric ester groups is 1. The highest BCUT2D eigenvalue weighted by Gasteiger charge is 2.11. The molecule has 0 rings (SSSR count). The second-order valence-corrected chi connectivity index (χ2v) is 3.98. The molecule has 0 spiro atoms. The van der Waals surface area contributed by atoms with Crippen molar-refractivity contribution >= 4 is 7.82 Å². The molecule has 13 heavy (non-hydrogen) atoms. The lowest BCUT2D eigenvalue weighted by Gasteiger charge is -2.24. The molecule has 0 radical (unpaired) electrons. The number of hydrogen-bond donors (Lipinski definition) is 0. The van der Waals surface area contributed by atoms with Crippen molar-refractivity contribution in [2.24, 2.45) is 0 Å². The maximum atomic E-state index is 11.0. The van der Waals surface area contributed by atoms with Crippen LogP contribution in [-0.4, -0.2) is 12.7 Å². The largest absolute Gasteiger partial charge is 0.756 e. The molecule has 2 atom stereocenters. The van der Waals surface area contributed by atoms with Gasteiger partial charge in [0.2, 0.25) is 0 Å². The summed E-state index contributed by atoms with van der Waals surface area (Å²) >= 11 is 0. The predicted molar refractivity (Wildman–Crippen MR) is 49.2 cm³/mol. The maximum absolute atomic E-state index is 11.0. The van der Waals surface area contributed by atoms with Gasteiger partial charge in [0, 0.05) is 0 Å². The lowest BCUT2D eigenvalue weighted by Crippen LogP contribution is -2.13. The van der Waals surface area contributed by atoms with Gasteiger partial charge in [-0.05, 0) is 20.3 Å². The van der Waals surface area contributed by atoms with Crippen molar-refractivity contribution in [3.05, 3.63) is 12.2 Å².